The average Bonchev–Trinajstić information content (AvgIpc) is 2.69. The van der Waals surface area contributed by atoms with Crippen molar-refractivity contribution in [1.82, 2.24) is 10.3 Å². The summed E-state index contributed by atoms with van der Waals surface area (Å²) in [6, 6.07) is 0.503. The highest BCUT2D eigenvalue weighted by Crippen LogP contribution is 2.50. The van der Waals surface area contributed by atoms with Gasteiger partial charge >= 0.3 is 0 Å². The Balaban J connectivity index is 2.37. The first-order chi connectivity index (χ1) is 8.24. The molecule has 1 N–H and O–H groups in total. The van der Waals surface area contributed by atoms with Crippen LogP contribution in [-0.2, 0) is 5.54 Å². The van der Waals surface area contributed by atoms with Gasteiger partial charge in [-0.25, -0.2) is 4.98 Å². The Kier molecular flexibility index (Phi) is 3.58. The fourth-order valence-corrected chi connectivity index (χ4v) is 4.24. The number of hydrogen-bond donors (Lipinski definition) is 1. The predicted octanol–water partition coefficient (Wildman–Crippen LogP) is 4.16. The monoisotopic (exact) mass is 266 g/mol. The van der Waals surface area contributed by atoms with Gasteiger partial charge in [-0.05, 0) is 52.4 Å². The first-order valence-electron chi connectivity index (χ1n) is 6.96. The molecular formula is C15H26N2S. The molecule has 1 unspecified atom stereocenters. The molecule has 0 amide bonds. The third kappa shape index (κ3) is 2.62. The van der Waals surface area contributed by atoms with Crippen molar-refractivity contribution in [2.24, 2.45) is 5.41 Å². The molecule has 0 aliphatic heterocycles. The maximum Gasteiger partial charge on any atom is 0.113 e. The molecule has 1 atom stereocenters. The molecule has 1 aromatic heterocycles. The van der Waals surface area contributed by atoms with Crippen molar-refractivity contribution in [3.63, 3.8) is 0 Å². The summed E-state index contributed by atoms with van der Waals surface area (Å²) in [6.45, 7) is 13.5. The third-order valence-corrected chi connectivity index (χ3v) is 5.29. The van der Waals surface area contributed by atoms with Crippen LogP contribution in [0.4, 0.5) is 0 Å². The Morgan fingerprint density at radius 3 is 2.28 bits per heavy atom. The summed E-state index contributed by atoms with van der Waals surface area (Å²) in [5.41, 5.74) is 1.74. The van der Waals surface area contributed by atoms with Gasteiger partial charge in [0, 0.05) is 10.9 Å². The normalized spacial score (nSPS) is 27.1. The van der Waals surface area contributed by atoms with Crippen molar-refractivity contribution >= 4 is 11.3 Å². The summed E-state index contributed by atoms with van der Waals surface area (Å²) >= 11 is 1.88. The zero-order chi connectivity index (χ0) is 13.6. The molecule has 18 heavy (non-hydrogen) atoms. The molecule has 0 spiro atoms. The average molecular weight is 266 g/mol. The number of nitrogens with zero attached hydrogens (tertiary/aromatic N) is 1. The molecule has 1 heterocycles. The number of aromatic nitrogens is 1. The predicted molar refractivity (Wildman–Crippen MR) is 79.2 cm³/mol. The fourth-order valence-electron chi connectivity index (χ4n) is 3.14. The molecule has 1 fully saturated rings. The number of aryl methyl sites for hydroxylation is 2. The Morgan fingerprint density at radius 2 is 1.89 bits per heavy atom. The van der Waals surface area contributed by atoms with Crippen LogP contribution in [0.1, 0.15) is 62.5 Å². The lowest BCUT2D eigenvalue weighted by Gasteiger charge is -2.32. The van der Waals surface area contributed by atoms with Gasteiger partial charge in [0.15, 0.2) is 0 Å². The molecule has 2 rings (SSSR count). The summed E-state index contributed by atoms with van der Waals surface area (Å²) in [5.74, 6) is 0. The molecule has 3 heteroatoms. The summed E-state index contributed by atoms with van der Waals surface area (Å²) in [6.07, 6.45) is 3.69. The second-order valence-electron chi connectivity index (χ2n) is 6.88. The summed E-state index contributed by atoms with van der Waals surface area (Å²) < 4.78 is 0. The van der Waals surface area contributed by atoms with E-state index in [0.29, 0.717) is 11.5 Å². The summed E-state index contributed by atoms with van der Waals surface area (Å²) in [7, 11) is 0. The van der Waals surface area contributed by atoms with Crippen LogP contribution in [0.25, 0.3) is 0 Å². The van der Waals surface area contributed by atoms with E-state index in [4.69, 9.17) is 4.98 Å². The topological polar surface area (TPSA) is 24.9 Å². The van der Waals surface area contributed by atoms with Crippen LogP contribution in [-0.4, -0.2) is 11.0 Å². The van der Waals surface area contributed by atoms with Gasteiger partial charge in [0.2, 0.25) is 0 Å². The highest BCUT2D eigenvalue weighted by Gasteiger charge is 2.46. The second kappa shape index (κ2) is 4.61. The van der Waals surface area contributed by atoms with E-state index in [1.54, 1.807) is 0 Å². The van der Waals surface area contributed by atoms with E-state index in [0.717, 1.165) is 0 Å². The number of thiazole rings is 1. The van der Waals surface area contributed by atoms with Gasteiger partial charge in [-0.3, -0.25) is 0 Å². The zero-order valence-corrected chi connectivity index (χ0v) is 13.4. The Labute approximate surface area is 115 Å². The second-order valence-corrected chi connectivity index (χ2v) is 8.09. The van der Waals surface area contributed by atoms with Crippen molar-refractivity contribution < 1.29 is 0 Å². The number of hydrogen-bond acceptors (Lipinski definition) is 3. The molecule has 0 bridgehead atoms. The van der Waals surface area contributed by atoms with Crippen molar-refractivity contribution in [2.75, 3.05) is 0 Å². The maximum absolute atomic E-state index is 4.84. The highest BCUT2D eigenvalue weighted by molar-refractivity contribution is 7.11. The Morgan fingerprint density at radius 1 is 1.22 bits per heavy atom. The van der Waals surface area contributed by atoms with Gasteiger partial charge in [-0.15, -0.1) is 11.3 Å². The number of nitrogens with one attached hydrogen (secondary N) is 1. The first kappa shape index (κ1) is 14.0. The smallest absolute Gasteiger partial charge is 0.113 e. The van der Waals surface area contributed by atoms with Crippen LogP contribution in [0, 0.1) is 19.3 Å². The van der Waals surface area contributed by atoms with Crippen LogP contribution < -0.4 is 5.32 Å². The molecule has 102 valence electrons. The molecule has 1 aromatic rings. The van der Waals surface area contributed by atoms with Crippen LogP contribution in [0.15, 0.2) is 0 Å². The third-order valence-electron chi connectivity index (χ3n) is 4.01. The van der Waals surface area contributed by atoms with Gasteiger partial charge in [0.05, 0.1) is 11.2 Å². The number of rotatable bonds is 3. The molecule has 1 saturated carbocycles. The molecule has 0 radical (unpaired) electrons. The summed E-state index contributed by atoms with van der Waals surface area (Å²) in [5, 5.41) is 5.12. The Bertz CT molecular complexity index is 414. The lowest BCUT2D eigenvalue weighted by atomic mass is 9.87. The van der Waals surface area contributed by atoms with E-state index in [1.807, 2.05) is 11.3 Å². The highest BCUT2D eigenvalue weighted by atomic mass is 32.1. The van der Waals surface area contributed by atoms with Gasteiger partial charge in [0.25, 0.3) is 0 Å². The van der Waals surface area contributed by atoms with E-state index in [2.05, 4.69) is 46.9 Å². The van der Waals surface area contributed by atoms with Crippen LogP contribution in [0.3, 0.4) is 0 Å². The van der Waals surface area contributed by atoms with Gasteiger partial charge in [-0.1, -0.05) is 13.8 Å². The SMILES string of the molecule is Cc1nc(C2(NC(C)C)CCC(C)(C)C2)sc1C. The standard InChI is InChI=1S/C15H26N2S/c1-10(2)17-15(8-7-14(5,6)9-15)13-16-11(3)12(4)18-13/h10,17H,7-9H2,1-6H3. The van der Waals surface area contributed by atoms with Crippen LogP contribution in [0.5, 0.6) is 0 Å². The van der Waals surface area contributed by atoms with Crippen molar-refractivity contribution in [2.45, 2.75) is 72.4 Å². The zero-order valence-electron chi connectivity index (χ0n) is 12.6. The minimum absolute atomic E-state index is 0.112. The lowest BCUT2D eigenvalue weighted by Crippen LogP contribution is -2.44. The lowest BCUT2D eigenvalue weighted by molar-refractivity contribution is 0.270. The molecule has 0 aromatic carbocycles. The molecule has 2 nitrogen and oxygen atoms in total. The molecule has 0 saturated heterocycles. The first-order valence-corrected chi connectivity index (χ1v) is 7.78. The van der Waals surface area contributed by atoms with Crippen molar-refractivity contribution in [3.8, 4) is 0 Å². The van der Waals surface area contributed by atoms with E-state index >= 15 is 0 Å². The van der Waals surface area contributed by atoms with E-state index in [1.165, 1.54) is 34.8 Å². The van der Waals surface area contributed by atoms with Crippen molar-refractivity contribution in [3.05, 3.63) is 15.6 Å². The Hall–Kier alpha value is -0.410. The quantitative estimate of drug-likeness (QED) is 0.888. The van der Waals surface area contributed by atoms with Gasteiger partial charge in [0.1, 0.15) is 5.01 Å². The minimum atomic E-state index is 0.112. The fraction of sp³-hybridized carbons (Fsp3) is 0.800. The van der Waals surface area contributed by atoms with Gasteiger partial charge in [-0.2, -0.15) is 0 Å². The maximum atomic E-state index is 4.84. The van der Waals surface area contributed by atoms with E-state index < -0.39 is 0 Å². The molecular weight excluding hydrogens is 240 g/mol. The van der Waals surface area contributed by atoms with E-state index in [-0.39, 0.29) is 5.54 Å². The van der Waals surface area contributed by atoms with Gasteiger partial charge < -0.3 is 5.32 Å². The molecule has 1 aliphatic carbocycles. The van der Waals surface area contributed by atoms with E-state index in [9.17, 15) is 0 Å². The molecule has 1 aliphatic rings. The van der Waals surface area contributed by atoms with Crippen molar-refractivity contribution in [1.29, 1.82) is 0 Å². The van der Waals surface area contributed by atoms with Crippen LogP contribution >= 0.6 is 11.3 Å². The minimum Gasteiger partial charge on any atom is -0.303 e. The van der Waals surface area contributed by atoms with Crippen LogP contribution in [0.2, 0.25) is 0 Å². The largest absolute Gasteiger partial charge is 0.303 e. The summed E-state index contributed by atoms with van der Waals surface area (Å²) in [4.78, 5) is 6.20.